The topological polar surface area (TPSA) is 26.3 Å². The maximum atomic E-state index is 12.6. The predicted octanol–water partition coefficient (Wildman–Crippen LogP) is 4.58. The summed E-state index contributed by atoms with van der Waals surface area (Å²) in [6.07, 6.45) is 10.7. The lowest BCUT2D eigenvalue weighted by atomic mass is 9.69. The summed E-state index contributed by atoms with van der Waals surface area (Å²) in [5, 5.41) is 0. The monoisotopic (exact) mass is 286 g/mol. The molecule has 0 saturated carbocycles. The molecule has 0 aromatic rings. The molecule has 0 N–H and O–H groups in total. The molecule has 2 heterocycles. The number of rotatable bonds is 0. The highest BCUT2D eigenvalue weighted by molar-refractivity contribution is 6.01. The van der Waals surface area contributed by atoms with Gasteiger partial charge in [-0.15, -0.1) is 0 Å². The van der Waals surface area contributed by atoms with E-state index in [4.69, 9.17) is 4.74 Å². The molecule has 0 saturated heterocycles. The van der Waals surface area contributed by atoms with E-state index in [0.29, 0.717) is 11.8 Å². The van der Waals surface area contributed by atoms with Gasteiger partial charge < -0.3 is 4.74 Å². The lowest BCUT2D eigenvalue weighted by Crippen LogP contribution is -2.40. The van der Waals surface area contributed by atoms with Gasteiger partial charge in [-0.3, -0.25) is 4.79 Å². The molecule has 2 nitrogen and oxygen atoms in total. The van der Waals surface area contributed by atoms with Gasteiger partial charge in [0.2, 0.25) is 0 Å². The third-order valence-electron chi connectivity index (χ3n) is 5.63. The number of fused-ring (bicyclic) bond motifs is 1. The first-order valence-electron chi connectivity index (χ1n) is 8.23. The predicted molar refractivity (Wildman–Crippen MR) is 84.7 cm³/mol. The molecule has 4 atom stereocenters. The van der Waals surface area contributed by atoms with E-state index in [2.05, 4.69) is 39.8 Å². The van der Waals surface area contributed by atoms with Crippen molar-refractivity contribution >= 4 is 5.78 Å². The Bertz CT molecular complexity index is 552. The number of ether oxygens (including phenoxy) is 1. The molecule has 21 heavy (non-hydrogen) atoms. The van der Waals surface area contributed by atoms with Crippen molar-refractivity contribution in [3.63, 3.8) is 0 Å². The second kappa shape index (κ2) is 5.15. The summed E-state index contributed by atoms with van der Waals surface area (Å²) >= 11 is 0. The Kier molecular flexibility index (Phi) is 3.59. The van der Waals surface area contributed by atoms with Crippen molar-refractivity contribution in [2.45, 2.75) is 59.0 Å². The maximum Gasteiger partial charge on any atom is 0.169 e. The molecule has 3 rings (SSSR count). The van der Waals surface area contributed by atoms with Crippen LogP contribution in [0.2, 0.25) is 0 Å². The first kappa shape index (κ1) is 14.6. The van der Waals surface area contributed by atoms with E-state index >= 15 is 0 Å². The molecule has 0 aromatic heterocycles. The van der Waals surface area contributed by atoms with Gasteiger partial charge in [-0.2, -0.15) is 0 Å². The lowest BCUT2D eigenvalue weighted by molar-refractivity contribution is -0.123. The fourth-order valence-corrected chi connectivity index (χ4v) is 3.85. The van der Waals surface area contributed by atoms with E-state index in [1.54, 1.807) is 0 Å². The number of ketones is 1. The average Bonchev–Trinajstić information content (AvgIpc) is 2.44. The van der Waals surface area contributed by atoms with Crippen LogP contribution in [0.1, 0.15) is 53.4 Å². The number of carbonyl (C=O) groups is 1. The summed E-state index contributed by atoms with van der Waals surface area (Å²) < 4.78 is 6.38. The summed E-state index contributed by atoms with van der Waals surface area (Å²) in [6, 6.07) is 0. The second-order valence-electron chi connectivity index (χ2n) is 7.27. The average molecular weight is 286 g/mol. The summed E-state index contributed by atoms with van der Waals surface area (Å²) in [7, 11) is 0. The Morgan fingerprint density at radius 1 is 1.33 bits per heavy atom. The Morgan fingerprint density at radius 3 is 2.86 bits per heavy atom. The van der Waals surface area contributed by atoms with Gasteiger partial charge in [0, 0.05) is 11.8 Å². The van der Waals surface area contributed by atoms with E-state index in [1.807, 2.05) is 6.08 Å². The number of allylic oxidation sites excluding steroid dienone is 5. The van der Waals surface area contributed by atoms with Crippen molar-refractivity contribution in [1.82, 2.24) is 0 Å². The summed E-state index contributed by atoms with van der Waals surface area (Å²) in [4.78, 5) is 12.6. The second-order valence-corrected chi connectivity index (χ2v) is 7.27. The highest BCUT2D eigenvalue weighted by Gasteiger charge is 2.43. The van der Waals surface area contributed by atoms with Crippen LogP contribution in [0.3, 0.4) is 0 Å². The van der Waals surface area contributed by atoms with Crippen LogP contribution in [-0.2, 0) is 9.53 Å². The molecule has 3 aliphatic rings. The van der Waals surface area contributed by atoms with Crippen molar-refractivity contribution in [3.05, 3.63) is 35.1 Å². The SMILES string of the molecule is C/C1=C\CC[C@@]2(C)C=CC3=C(O2)C(CC1)[C@@H](C)[C@@H](C)C3=O. The summed E-state index contributed by atoms with van der Waals surface area (Å²) in [5.41, 5.74) is 2.05. The van der Waals surface area contributed by atoms with Crippen LogP contribution in [0.15, 0.2) is 35.1 Å². The highest BCUT2D eigenvalue weighted by Crippen LogP contribution is 2.45. The third-order valence-corrected chi connectivity index (χ3v) is 5.63. The molecule has 0 spiro atoms. The third kappa shape index (κ3) is 2.49. The fourth-order valence-electron chi connectivity index (χ4n) is 3.85. The molecule has 2 heteroatoms. The molecular weight excluding hydrogens is 260 g/mol. The first-order valence-corrected chi connectivity index (χ1v) is 8.23. The van der Waals surface area contributed by atoms with Gasteiger partial charge in [0.05, 0.1) is 5.57 Å². The summed E-state index contributed by atoms with van der Waals surface area (Å²) in [5.74, 6) is 2.07. The Hall–Kier alpha value is -1.31. The quantitative estimate of drug-likeness (QED) is 0.609. The minimum Gasteiger partial charge on any atom is -0.487 e. The molecule has 0 amide bonds. The van der Waals surface area contributed by atoms with Crippen molar-refractivity contribution in [3.8, 4) is 0 Å². The standard InChI is InChI=1S/C19H26O2/c1-12-6-5-10-19(4)11-9-16-17(20)14(3)13(2)15(8-7-12)18(16)21-19/h6,9,11,13-15H,5,7-8,10H2,1-4H3/b12-6+/t13-,14+,15?,19-/m0/s1. The molecule has 1 aliphatic carbocycles. The van der Waals surface area contributed by atoms with Crippen molar-refractivity contribution in [1.29, 1.82) is 0 Å². The van der Waals surface area contributed by atoms with E-state index in [0.717, 1.165) is 37.0 Å². The number of hydrogen-bond donors (Lipinski definition) is 0. The zero-order valence-electron chi connectivity index (χ0n) is 13.6. The fraction of sp³-hybridized carbons (Fsp3) is 0.632. The lowest BCUT2D eigenvalue weighted by Gasteiger charge is -2.42. The minimum absolute atomic E-state index is 0.0959. The van der Waals surface area contributed by atoms with E-state index in [9.17, 15) is 4.79 Å². The molecule has 2 aliphatic heterocycles. The Balaban J connectivity index is 2.06. The van der Waals surface area contributed by atoms with E-state index in [1.165, 1.54) is 5.57 Å². The minimum atomic E-state index is -0.258. The molecule has 2 bridgehead atoms. The van der Waals surface area contributed by atoms with Crippen molar-refractivity contribution in [2.24, 2.45) is 17.8 Å². The van der Waals surface area contributed by atoms with Crippen LogP contribution >= 0.6 is 0 Å². The van der Waals surface area contributed by atoms with Gasteiger partial charge in [-0.25, -0.2) is 0 Å². The Labute approximate surface area is 127 Å². The van der Waals surface area contributed by atoms with Gasteiger partial charge in [0.15, 0.2) is 5.78 Å². The zero-order valence-corrected chi connectivity index (χ0v) is 13.6. The van der Waals surface area contributed by atoms with Gasteiger partial charge in [-0.05, 0) is 57.6 Å². The first-order chi connectivity index (χ1) is 9.91. The Morgan fingerprint density at radius 2 is 2.10 bits per heavy atom. The van der Waals surface area contributed by atoms with Gasteiger partial charge in [-0.1, -0.05) is 25.5 Å². The van der Waals surface area contributed by atoms with Gasteiger partial charge in [0.25, 0.3) is 0 Å². The van der Waals surface area contributed by atoms with E-state index < -0.39 is 0 Å². The van der Waals surface area contributed by atoms with Crippen LogP contribution in [-0.4, -0.2) is 11.4 Å². The highest BCUT2D eigenvalue weighted by atomic mass is 16.5. The molecule has 1 unspecified atom stereocenters. The van der Waals surface area contributed by atoms with Crippen LogP contribution < -0.4 is 0 Å². The van der Waals surface area contributed by atoms with Crippen molar-refractivity contribution in [2.75, 3.05) is 0 Å². The molecule has 0 radical (unpaired) electrons. The summed E-state index contributed by atoms with van der Waals surface area (Å²) in [6.45, 7) is 8.65. The zero-order chi connectivity index (χ0) is 15.2. The van der Waals surface area contributed by atoms with Crippen LogP contribution in [0, 0.1) is 17.8 Å². The molecule has 0 fully saturated rings. The number of Topliss-reactive ketones (excluding diaryl/α,β-unsaturated/α-hetero) is 1. The number of carbonyl (C=O) groups excluding carboxylic acids is 1. The van der Waals surface area contributed by atoms with Gasteiger partial charge in [0.1, 0.15) is 11.4 Å². The molecule has 0 aromatic carbocycles. The van der Waals surface area contributed by atoms with Crippen molar-refractivity contribution < 1.29 is 9.53 Å². The van der Waals surface area contributed by atoms with Gasteiger partial charge >= 0.3 is 0 Å². The maximum absolute atomic E-state index is 12.6. The normalized spacial score (nSPS) is 42.2. The van der Waals surface area contributed by atoms with Crippen LogP contribution in [0.4, 0.5) is 0 Å². The van der Waals surface area contributed by atoms with E-state index in [-0.39, 0.29) is 17.3 Å². The van der Waals surface area contributed by atoms with Crippen LogP contribution in [0.5, 0.6) is 0 Å². The number of hydrogen-bond acceptors (Lipinski definition) is 2. The van der Waals surface area contributed by atoms with Crippen LogP contribution in [0.25, 0.3) is 0 Å². The molecule has 114 valence electrons. The smallest absolute Gasteiger partial charge is 0.169 e. The molecular formula is C19H26O2. The largest absolute Gasteiger partial charge is 0.487 e.